The molecule has 0 unspecified atom stereocenters. The van der Waals surface area contributed by atoms with E-state index < -0.39 is 0 Å². The third-order valence-corrected chi connectivity index (χ3v) is 2.92. The van der Waals surface area contributed by atoms with Crippen LogP contribution in [0.5, 0.6) is 0 Å². The summed E-state index contributed by atoms with van der Waals surface area (Å²) < 4.78 is 0. The van der Waals surface area contributed by atoms with Crippen LogP contribution >= 0.6 is 23.2 Å². The summed E-state index contributed by atoms with van der Waals surface area (Å²) in [6.45, 7) is 0. The van der Waals surface area contributed by atoms with Gasteiger partial charge in [-0.3, -0.25) is 0 Å². The minimum atomic E-state index is 0.995. The van der Waals surface area contributed by atoms with Gasteiger partial charge >= 0.3 is 0 Å². The monoisotopic (exact) mass is 248 g/mol. The largest absolute Gasteiger partial charge is 0.0923 e. The van der Waals surface area contributed by atoms with Crippen molar-refractivity contribution in [3.63, 3.8) is 0 Å². The molecule has 80 valence electrons. The third-order valence-electron chi connectivity index (χ3n) is 2.45. The average Bonchev–Trinajstić information content (AvgIpc) is 2.38. The van der Waals surface area contributed by atoms with Gasteiger partial charge in [0.1, 0.15) is 0 Å². The molecule has 0 heterocycles. The Balaban J connectivity index is 3.16. The SMILES string of the molecule is ClC=c1ccccc1=c1ccccc1=CCl. The molecule has 0 aliphatic heterocycles. The minimum absolute atomic E-state index is 0.995. The van der Waals surface area contributed by atoms with Crippen molar-refractivity contribution in [1.82, 2.24) is 0 Å². The first-order valence-electron chi connectivity index (χ1n) is 4.92. The van der Waals surface area contributed by atoms with Gasteiger partial charge in [-0.1, -0.05) is 71.7 Å². The maximum atomic E-state index is 5.81. The molecule has 0 spiro atoms. The van der Waals surface area contributed by atoms with Crippen LogP contribution in [0.4, 0.5) is 0 Å². The lowest BCUT2D eigenvalue weighted by molar-refractivity contribution is 1.41. The third kappa shape index (κ3) is 2.13. The van der Waals surface area contributed by atoms with Crippen LogP contribution in [0.25, 0.3) is 11.1 Å². The second-order valence-corrected chi connectivity index (χ2v) is 3.83. The molecule has 0 radical (unpaired) electrons. The lowest BCUT2D eigenvalue weighted by atomic mass is 10.1. The van der Waals surface area contributed by atoms with Crippen LogP contribution in [0.2, 0.25) is 0 Å². The maximum Gasteiger partial charge on any atom is 0.0121 e. The Bertz CT molecular complexity index is 626. The predicted octanol–water partition coefficient (Wildman–Crippen LogP) is 2.93. The van der Waals surface area contributed by atoms with Crippen molar-refractivity contribution in [2.75, 3.05) is 0 Å². The molecule has 2 aromatic rings. The van der Waals surface area contributed by atoms with Crippen LogP contribution in [0.1, 0.15) is 0 Å². The number of benzene rings is 2. The highest BCUT2D eigenvalue weighted by Gasteiger charge is 1.88. The van der Waals surface area contributed by atoms with E-state index in [1.54, 1.807) is 11.1 Å². The standard InChI is InChI=1S/C14H10Cl2/c15-9-11-5-1-3-7-13(11)14-8-4-2-6-12(14)10-16/h1-10H. The zero-order valence-corrected chi connectivity index (χ0v) is 10.0. The van der Waals surface area contributed by atoms with Gasteiger partial charge in [-0.25, -0.2) is 0 Å². The van der Waals surface area contributed by atoms with E-state index in [2.05, 4.69) is 0 Å². The molecular formula is C14H10Cl2. The molecule has 2 aromatic carbocycles. The second kappa shape index (κ2) is 5.20. The molecule has 0 aliphatic rings. The summed E-state index contributed by atoms with van der Waals surface area (Å²) in [5.74, 6) is 0. The maximum absolute atomic E-state index is 5.81. The number of rotatable bonds is 0. The van der Waals surface area contributed by atoms with Crippen molar-refractivity contribution >= 4 is 34.3 Å². The lowest BCUT2D eigenvalue weighted by Crippen LogP contribution is -2.07. The molecule has 0 aliphatic carbocycles. The van der Waals surface area contributed by atoms with Crippen molar-refractivity contribution in [2.24, 2.45) is 0 Å². The highest BCUT2D eigenvalue weighted by atomic mass is 35.5. The molecule has 0 atom stereocenters. The number of hydrogen-bond acceptors (Lipinski definition) is 0. The molecule has 0 saturated heterocycles. The van der Waals surface area contributed by atoms with Crippen LogP contribution < -0.4 is 10.4 Å². The molecule has 0 nitrogen and oxygen atoms in total. The smallest absolute Gasteiger partial charge is 0.0121 e. The Morgan fingerprint density at radius 2 is 1.00 bits per heavy atom. The van der Waals surface area contributed by atoms with E-state index in [9.17, 15) is 0 Å². The lowest BCUT2D eigenvalue weighted by Gasteiger charge is -1.92. The summed E-state index contributed by atoms with van der Waals surface area (Å²) in [6, 6.07) is 15.9. The van der Waals surface area contributed by atoms with Gasteiger partial charge in [0, 0.05) is 11.1 Å². The Kier molecular flexibility index (Phi) is 3.66. The van der Waals surface area contributed by atoms with Crippen molar-refractivity contribution in [1.29, 1.82) is 0 Å². The van der Waals surface area contributed by atoms with Gasteiger partial charge in [0.05, 0.1) is 0 Å². The summed E-state index contributed by atoms with van der Waals surface area (Å²) in [7, 11) is 0. The Morgan fingerprint density at radius 3 is 1.38 bits per heavy atom. The van der Waals surface area contributed by atoms with Gasteiger partial charge in [-0.2, -0.15) is 0 Å². The van der Waals surface area contributed by atoms with Crippen molar-refractivity contribution in [2.45, 2.75) is 0 Å². The molecule has 2 rings (SSSR count). The highest BCUT2D eigenvalue weighted by Crippen LogP contribution is 1.91. The quantitative estimate of drug-likeness (QED) is 0.673. The van der Waals surface area contributed by atoms with E-state index in [1.807, 2.05) is 48.5 Å². The molecule has 2 heteroatoms. The second-order valence-electron chi connectivity index (χ2n) is 3.39. The zero-order chi connectivity index (χ0) is 11.4. The first-order valence-corrected chi connectivity index (χ1v) is 5.79. The van der Waals surface area contributed by atoms with Crippen LogP contribution in [0.15, 0.2) is 48.5 Å². The van der Waals surface area contributed by atoms with Crippen LogP contribution in [-0.4, -0.2) is 0 Å². The van der Waals surface area contributed by atoms with Crippen LogP contribution in [0, 0.1) is 10.4 Å². The van der Waals surface area contributed by atoms with E-state index in [-0.39, 0.29) is 0 Å². The zero-order valence-electron chi connectivity index (χ0n) is 8.53. The predicted molar refractivity (Wildman–Crippen MR) is 70.4 cm³/mol. The molecule has 0 aromatic heterocycles. The van der Waals surface area contributed by atoms with E-state index in [0.717, 1.165) is 20.9 Å². The van der Waals surface area contributed by atoms with E-state index in [0.29, 0.717) is 0 Å². The summed E-state index contributed by atoms with van der Waals surface area (Å²) in [6.07, 6.45) is 0. The Morgan fingerprint density at radius 1 is 0.625 bits per heavy atom. The summed E-state index contributed by atoms with van der Waals surface area (Å²) in [5.41, 5.74) is 3.17. The van der Waals surface area contributed by atoms with Gasteiger partial charge in [0.15, 0.2) is 0 Å². The molecule has 0 bridgehead atoms. The Labute approximate surface area is 104 Å². The van der Waals surface area contributed by atoms with Gasteiger partial charge in [0.2, 0.25) is 0 Å². The van der Waals surface area contributed by atoms with Gasteiger partial charge < -0.3 is 0 Å². The summed E-state index contributed by atoms with van der Waals surface area (Å²) in [4.78, 5) is 0. The molecule has 0 amide bonds. The van der Waals surface area contributed by atoms with Gasteiger partial charge in [0.25, 0.3) is 0 Å². The number of hydrogen-bond donors (Lipinski definition) is 0. The van der Waals surface area contributed by atoms with Crippen LogP contribution in [-0.2, 0) is 0 Å². The molecule has 0 N–H and O–H groups in total. The van der Waals surface area contributed by atoms with Crippen LogP contribution in [0.3, 0.4) is 0 Å². The molecule has 0 saturated carbocycles. The van der Waals surface area contributed by atoms with Crippen molar-refractivity contribution in [3.8, 4) is 0 Å². The fraction of sp³-hybridized carbons (Fsp3) is 0. The normalized spacial score (nSPS) is 15.4. The fourth-order valence-corrected chi connectivity index (χ4v) is 2.06. The van der Waals surface area contributed by atoms with E-state index in [4.69, 9.17) is 23.2 Å². The average molecular weight is 249 g/mol. The van der Waals surface area contributed by atoms with Crippen molar-refractivity contribution in [3.05, 3.63) is 69.4 Å². The van der Waals surface area contributed by atoms with E-state index in [1.165, 1.54) is 0 Å². The van der Waals surface area contributed by atoms with Crippen molar-refractivity contribution < 1.29 is 0 Å². The Hall–Kier alpha value is -1.24. The van der Waals surface area contributed by atoms with Gasteiger partial charge in [-0.15, -0.1) is 0 Å². The summed E-state index contributed by atoms with van der Waals surface area (Å²) in [5, 5.41) is 4.17. The molecule has 0 fully saturated rings. The highest BCUT2D eigenvalue weighted by molar-refractivity contribution is 6.38. The number of halogens is 2. The molecular weight excluding hydrogens is 239 g/mol. The van der Waals surface area contributed by atoms with E-state index >= 15 is 0 Å². The summed E-state index contributed by atoms with van der Waals surface area (Å²) >= 11 is 11.6. The fourth-order valence-electron chi connectivity index (χ4n) is 1.67. The first-order chi connectivity index (χ1) is 7.86. The molecule has 16 heavy (non-hydrogen) atoms. The topological polar surface area (TPSA) is 0 Å². The minimum Gasteiger partial charge on any atom is -0.0923 e. The van der Waals surface area contributed by atoms with Gasteiger partial charge in [-0.05, 0) is 20.9 Å². The first kappa shape index (κ1) is 11.3.